The van der Waals surface area contributed by atoms with E-state index in [9.17, 15) is 4.80 Å². The van der Waals surface area contributed by atoms with Gasteiger partial charge < -0.3 is 4.80 Å². The van der Waals surface area contributed by atoms with Crippen molar-refractivity contribution in [3.05, 3.63) is 29.8 Å². The molecule has 0 unspecified atom stereocenters. The molecule has 0 saturated carbocycles. The summed E-state index contributed by atoms with van der Waals surface area (Å²) in [6.07, 6.45) is 0. The Balaban J connectivity index is 2.94. The van der Waals surface area contributed by atoms with E-state index in [2.05, 4.69) is 26.8 Å². The molecule has 0 aliphatic carbocycles. The second-order valence-electron chi connectivity index (χ2n) is 3.35. The highest BCUT2D eigenvalue weighted by molar-refractivity contribution is 6.67. The van der Waals surface area contributed by atoms with Gasteiger partial charge in [0.15, 0.2) is 0 Å². The fourth-order valence-corrected chi connectivity index (χ4v) is 2.55. The van der Waals surface area contributed by atoms with Gasteiger partial charge in [0, 0.05) is 0 Å². The van der Waals surface area contributed by atoms with E-state index in [4.69, 9.17) is 0 Å². The van der Waals surface area contributed by atoms with Gasteiger partial charge in [0.2, 0.25) is 9.04 Å². The molecule has 0 saturated heterocycles. The molecule has 0 aromatic heterocycles. The monoisotopic (exact) mass is 179 g/mol. The summed E-state index contributed by atoms with van der Waals surface area (Å²) in [5.74, 6) is 0. The van der Waals surface area contributed by atoms with Crippen LogP contribution in [0.3, 0.4) is 0 Å². The van der Waals surface area contributed by atoms with Gasteiger partial charge in [-0.3, -0.25) is 0 Å². The largest absolute Gasteiger partial charge is 0.427 e. The lowest BCUT2D eigenvalue weighted by Gasteiger charge is -2.13. The van der Waals surface area contributed by atoms with Crippen LogP contribution in [0.25, 0.3) is 0 Å². The van der Waals surface area contributed by atoms with Gasteiger partial charge >= 0.3 is 0 Å². The number of hydrogen-bond donors (Lipinski definition) is 1. The van der Waals surface area contributed by atoms with Gasteiger partial charge in [0.05, 0.1) is 0 Å². The average Bonchev–Trinajstić information content (AvgIpc) is 2.04. The molecule has 1 nitrogen and oxygen atoms in total. The van der Waals surface area contributed by atoms with Crippen LogP contribution in [0.1, 0.15) is 19.4 Å². The zero-order valence-corrected chi connectivity index (χ0v) is 8.83. The minimum absolute atomic E-state index is 0.385. The molecule has 0 atom stereocenters. The van der Waals surface area contributed by atoms with Crippen LogP contribution in [0, 0.1) is 6.92 Å². The molecule has 0 aliphatic heterocycles. The third-order valence-corrected chi connectivity index (χ3v) is 4.17. The van der Waals surface area contributed by atoms with Crippen LogP contribution in [0.4, 0.5) is 0 Å². The van der Waals surface area contributed by atoms with E-state index in [0.717, 1.165) is 5.19 Å². The lowest BCUT2D eigenvalue weighted by atomic mass is 10.2. The van der Waals surface area contributed by atoms with Crippen molar-refractivity contribution in [2.75, 3.05) is 0 Å². The first-order chi connectivity index (χ1) is 5.63. The summed E-state index contributed by atoms with van der Waals surface area (Å²) in [7, 11) is -1.31. The van der Waals surface area contributed by atoms with Crippen LogP contribution in [0.2, 0.25) is 5.54 Å². The van der Waals surface area contributed by atoms with Crippen LogP contribution in [0.15, 0.2) is 24.3 Å². The fraction of sp³-hybridized carbons (Fsp3) is 0.400. The van der Waals surface area contributed by atoms with E-state index in [0.29, 0.717) is 5.54 Å². The lowest BCUT2D eigenvalue weighted by Crippen LogP contribution is -2.34. The number of benzene rings is 1. The molecule has 2 heteroatoms. The predicted molar refractivity (Wildman–Crippen MR) is 53.9 cm³/mol. The highest BCUT2D eigenvalue weighted by Gasteiger charge is 2.17. The van der Waals surface area contributed by atoms with Gasteiger partial charge in [0.25, 0.3) is 0 Å². The molecule has 1 rings (SSSR count). The molecule has 0 heterocycles. The first kappa shape index (κ1) is 9.48. The Kier molecular flexibility index (Phi) is 3.06. The van der Waals surface area contributed by atoms with E-state index in [1.165, 1.54) is 5.56 Å². The molecule has 1 radical (unpaired) electrons. The first-order valence-electron chi connectivity index (χ1n) is 4.24. The smallest absolute Gasteiger partial charge is 0.245 e. The van der Waals surface area contributed by atoms with Crippen LogP contribution >= 0.6 is 0 Å². The standard InChI is InChI=1S/C10H15OSi/c1-8(2)12(11)10-7-5-4-6-9(10)3/h4-8,11H,1-3H3. The quantitative estimate of drug-likeness (QED) is 0.684. The maximum absolute atomic E-state index is 9.88. The first-order valence-corrected chi connectivity index (χ1v) is 5.77. The highest BCUT2D eigenvalue weighted by atomic mass is 28.3. The second-order valence-corrected chi connectivity index (χ2v) is 5.82. The Labute approximate surface area is 75.8 Å². The highest BCUT2D eigenvalue weighted by Crippen LogP contribution is 2.06. The van der Waals surface area contributed by atoms with Crippen LogP contribution in [-0.2, 0) is 0 Å². The van der Waals surface area contributed by atoms with Gasteiger partial charge in [-0.25, -0.2) is 0 Å². The zero-order chi connectivity index (χ0) is 9.14. The maximum Gasteiger partial charge on any atom is 0.245 e. The Hall–Kier alpha value is -0.603. The Morgan fingerprint density at radius 3 is 2.33 bits per heavy atom. The van der Waals surface area contributed by atoms with E-state index in [1.54, 1.807) is 0 Å². The summed E-state index contributed by atoms with van der Waals surface area (Å²) in [6, 6.07) is 8.09. The Morgan fingerprint density at radius 1 is 1.25 bits per heavy atom. The van der Waals surface area contributed by atoms with Crippen molar-refractivity contribution in [3.8, 4) is 0 Å². The van der Waals surface area contributed by atoms with Crippen molar-refractivity contribution in [1.82, 2.24) is 0 Å². The summed E-state index contributed by atoms with van der Waals surface area (Å²) in [5, 5.41) is 1.15. The lowest BCUT2D eigenvalue weighted by molar-refractivity contribution is 0.569. The van der Waals surface area contributed by atoms with Crippen LogP contribution in [-0.4, -0.2) is 13.8 Å². The van der Waals surface area contributed by atoms with Gasteiger partial charge in [-0.05, 0) is 23.2 Å². The summed E-state index contributed by atoms with van der Waals surface area (Å²) in [5.41, 5.74) is 1.60. The van der Waals surface area contributed by atoms with Crippen LogP contribution < -0.4 is 5.19 Å². The van der Waals surface area contributed by atoms with Crippen molar-refractivity contribution in [2.45, 2.75) is 26.3 Å². The van der Waals surface area contributed by atoms with Gasteiger partial charge in [-0.1, -0.05) is 38.1 Å². The molecule has 65 valence electrons. The SMILES string of the molecule is Cc1ccccc1[Si](O)C(C)C. The third-order valence-electron chi connectivity index (χ3n) is 1.97. The van der Waals surface area contributed by atoms with E-state index < -0.39 is 9.04 Å². The molecule has 0 amide bonds. The molecule has 1 aromatic rings. The van der Waals surface area contributed by atoms with Crippen molar-refractivity contribution in [1.29, 1.82) is 0 Å². The molecule has 1 aromatic carbocycles. The normalized spacial score (nSPS) is 11.2. The zero-order valence-electron chi connectivity index (χ0n) is 7.83. The van der Waals surface area contributed by atoms with Gasteiger partial charge in [-0.2, -0.15) is 0 Å². The summed E-state index contributed by atoms with van der Waals surface area (Å²) >= 11 is 0. The Morgan fingerprint density at radius 2 is 1.83 bits per heavy atom. The van der Waals surface area contributed by atoms with Gasteiger partial charge in [-0.15, -0.1) is 0 Å². The minimum Gasteiger partial charge on any atom is -0.427 e. The van der Waals surface area contributed by atoms with E-state index in [-0.39, 0.29) is 0 Å². The molecule has 0 aliphatic rings. The molecule has 0 bridgehead atoms. The summed E-state index contributed by atoms with van der Waals surface area (Å²) in [6.45, 7) is 6.19. The summed E-state index contributed by atoms with van der Waals surface area (Å²) < 4.78 is 0. The predicted octanol–water partition coefficient (Wildman–Crippen LogP) is 1.60. The van der Waals surface area contributed by atoms with E-state index in [1.807, 2.05) is 18.2 Å². The molecular formula is C10H15OSi. The maximum atomic E-state index is 9.88. The molecule has 0 fully saturated rings. The van der Waals surface area contributed by atoms with Gasteiger partial charge in [0.1, 0.15) is 0 Å². The van der Waals surface area contributed by atoms with Crippen molar-refractivity contribution in [3.63, 3.8) is 0 Å². The second kappa shape index (κ2) is 3.87. The van der Waals surface area contributed by atoms with Crippen molar-refractivity contribution < 1.29 is 4.80 Å². The average molecular weight is 179 g/mol. The third kappa shape index (κ3) is 1.96. The Bertz CT molecular complexity index is 258. The number of aryl methyl sites for hydroxylation is 1. The van der Waals surface area contributed by atoms with Crippen molar-refractivity contribution in [2.24, 2.45) is 0 Å². The fourth-order valence-electron chi connectivity index (χ4n) is 1.17. The number of hydrogen-bond acceptors (Lipinski definition) is 1. The molecule has 0 spiro atoms. The van der Waals surface area contributed by atoms with E-state index >= 15 is 0 Å². The van der Waals surface area contributed by atoms with Crippen molar-refractivity contribution >= 4 is 14.2 Å². The van der Waals surface area contributed by atoms with Crippen LogP contribution in [0.5, 0.6) is 0 Å². The minimum atomic E-state index is -1.31. The molecule has 12 heavy (non-hydrogen) atoms. The molecular weight excluding hydrogens is 164 g/mol. The topological polar surface area (TPSA) is 20.2 Å². The summed E-state index contributed by atoms with van der Waals surface area (Å²) in [4.78, 5) is 9.88. The number of rotatable bonds is 2. The molecule has 1 N–H and O–H groups in total.